The summed E-state index contributed by atoms with van der Waals surface area (Å²) in [5, 5.41) is 2.97. The van der Waals surface area contributed by atoms with Crippen LogP contribution in [0.25, 0.3) is 0 Å². The van der Waals surface area contributed by atoms with Crippen LogP contribution < -0.4 is 5.32 Å². The average molecular weight is 332 g/mol. The Morgan fingerprint density at radius 2 is 1.96 bits per heavy atom. The number of hydrogen-bond donors (Lipinski definition) is 1. The summed E-state index contributed by atoms with van der Waals surface area (Å²) in [6, 6.07) is 7.60. The Bertz CT molecular complexity index is 635. The van der Waals surface area contributed by atoms with E-state index in [-0.39, 0.29) is 28.1 Å². The molecule has 23 heavy (non-hydrogen) atoms. The molecule has 2 amide bonds. The van der Waals surface area contributed by atoms with Crippen molar-refractivity contribution in [3.63, 3.8) is 0 Å². The van der Waals surface area contributed by atoms with Crippen molar-refractivity contribution in [3.8, 4) is 0 Å². The number of hydrogen-bond acceptors (Lipinski definition) is 3. The van der Waals surface area contributed by atoms with Crippen LogP contribution in [-0.4, -0.2) is 33.4 Å². The Morgan fingerprint density at radius 3 is 2.57 bits per heavy atom. The van der Waals surface area contributed by atoms with Gasteiger partial charge in [0.1, 0.15) is 6.04 Å². The quantitative estimate of drug-likeness (QED) is 0.903. The number of amides is 2. The first-order valence-electron chi connectivity index (χ1n) is 8.08. The van der Waals surface area contributed by atoms with Crippen LogP contribution in [0.5, 0.6) is 0 Å². The fourth-order valence-electron chi connectivity index (χ4n) is 3.29. The lowest BCUT2D eigenvalue weighted by atomic mass is 9.87. The highest BCUT2D eigenvalue weighted by molar-refractivity contribution is 8.01. The minimum Gasteiger partial charge on any atom is -0.324 e. The Morgan fingerprint density at radius 1 is 1.30 bits per heavy atom. The maximum absolute atomic E-state index is 12.6. The van der Waals surface area contributed by atoms with E-state index in [1.165, 1.54) is 5.56 Å². The molecule has 0 spiro atoms. The smallest absolute Gasteiger partial charge is 0.248 e. The van der Waals surface area contributed by atoms with Crippen molar-refractivity contribution in [3.05, 3.63) is 29.8 Å². The van der Waals surface area contributed by atoms with Crippen LogP contribution in [0.2, 0.25) is 0 Å². The van der Waals surface area contributed by atoms with Crippen molar-refractivity contribution in [2.24, 2.45) is 0 Å². The molecular formula is C18H24N2O2S. The van der Waals surface area contributed by atoms with Gasteiger partial charge in [-0.1, -0.05) is 32.9 Å². The van der Waals surface area contributed by atoms with Crippen LogP contribution in [0.4, 0.5) is 5.69 Å². The molecule has 0 radical (unpaired) electrons. The summed E-state index contributed by atoms with van der Waals surface area (Å²) in [4.78, 5) is 26.3. The van der Waals surface area contributed by atoms with Crippen LogP contribution in [0.3, 0.4) is 0 Å². The summed E-state index contributed by atoms with van der Waals surface area (Å²) < 4.78 is 0. The highest BCUT2D eigenvalue weighted by Gasteiger charge is 2.52. The number of thioether (sulfide) groups is 1. The standard InChI is InChI=1S/C18H24N2O2S/c1-17(2,3)12-5-7-13(8-6-12)19-16(22)14-11-23-18(4)10-9-15(21)20(14)18/h5-8,14H,9-11H2,1-4H3,(H,19,22)/t14-,18+/m1/s1. The molecule has 0 aliphatic carbocycles. The Labute approximate surface area is 142 Å². The normalized spacial score (nSPS) is 27.2. The molecule has 5 heteroatoms. The lowest BCUT2D eigenvalue weighted by Gasteiger charge is -2.29. The molecule has 1 aromatic rings. The molecule has 2 heterocycles. The minimum atomic E-state index is -0.359. The van der Waals surface area contributed by atoms with Gasteiger partial charge in [-0.15, -0.1) is 11.8 Å². The van der Waals surface area contributed by atoms with E-state index in [0.717, 1.165) is 12.1 Å². The van der Waals surface area contributed by atoms with Gasteiger partial charge in [0.2, 0.25) is 11.8 Å². The third-order valence-electron chi connectivity index (χ3n) is 4.77. The van der Waals surface area contributed by atoms with E-state index in [2.05, 4.69) is 33.0 Å². The predicted molar refractivity (Wildman–Crippen MR) is 94.5 cm³/mol. The molecule has 2 atom stereocenters. The van der Waals surface area contributed by atoms with Crippen molar-refractivity contribution < 1.29 is 9.59 Å². The van der Waals surface area contributed by atoms with E-state index in [1.54, 1.807) is 16.7 Å². The molecule has 2 aliphatic rings. The van der Waals surface area contributed by atoms with Gasteiger partial charge in [-0.05, 0) is 36.5 Å². The number of nitrogens with zero attached hydrogens (tertiary/aromatic N) is 1. The SMILES string of the molecule is CC(C)(C)c1ccc(NC(=O)[C@H]2CS[C@@]3(C)CCC(=O)N23)cc1. The minimum absolute atomic E-state index is 0.0833. The summed E-state index contributed by atoms with van der Waals surface area (Å²) in [5.74, 6) is 0.689. The highest BCUT2D eigenvalue weighted by Crippen LogP contribution is 2.47. The van der Waals surface area contributed by atoms with Gasteiger partial charge in [-0.25, -0.2) is 0 Å². The van der Waals surface area contributed by atoms with Crippen LogP contribution >= 0.6 is 11.8 Å². The number of fused-ring (bicyclic) bond motifs is 1. The molecule has 124 valence electrons. The molecule has 3 rings (SSSR count). The Kier molecular flexibility index (Phi) is 3.95. The van der Waals surface area contributed by atoms with Gasteiger partial charge >= 0.3 is 0 Å². The van der Waals surface area contributed by atoms with E-state index < -0.39 is 0 Å². The van der Waals surface area contributed by atoms with E-state index in [0.29, 0.717) is 12.2 Å². The average Bonchev–Trinajstić information content (AvgIpc) is 2.96. The molecule has 2 fully saturated rings. The molecule has 0 unspecified atom stereocenters. The number of carbonyl (C=O) groups excluding carboxylic acids is 2. The first kappa shape index (κ1) is 16.4. The molecule has 1 N–H and O–H groups in total. The molecule has 2 saturated heterocycles. The van der Waals surface area contributed by atoms with Gasteiger partial charge in [-0.2, -0.15) is 0 Å². The molecule has 4 nitrogen and oxygen atoms in total. The third kappa shape index (κ3) is 2.99. The van der Waals surface area contributed by atoms with Gasteiger partial charge in [0.25, 0.3) is 0 Å². The molecule has 0 aromatic heterocycles. The molecular weight excluding hydrogens is 308 g/mol. The zero-order valence-corrected chi connectivity index (χ0v) is 15.0. The first-order valence-corrected chi connectivity index (χ1v) is 9.07. The van der Waals surface area contributed by atoms with Crippen molar-refractivity contribution in [2.45, 2.75) is 56.9 Å². The Hall–Kier alpha value is -1.49. The van der Waals surface area contributed by atoms with Crippen molar-refractivity contribution in [1.82, 2.24) is 4.90 Å². The molecule has 0 bridgehead atoms. The summed E-state index contributed by atoms with van der Waals surface area (Å²) in [5.41, 5.74) is 2.11. The Balaban J connectivity index is 1.71. The molecule has 0 saturated carbocycles. The van der Waals surface area contributed by atoms with E-state index >= 15 is 0 Å². The van der Waals surface area contributed by atoms with Crippen LogP contribution in [-0.2, 0) is 15.0 Å². The fourth-order valence-corrected chi connectivity index (χ4v) is 4.73. The predicted octanol–water partition coefficient (Wildman–Crippen LogP) is 3.38. The van der Waals surface area contributed by atoms with E-state index in [9.17, 15) is 9.59 Å². The second kappa shape index (κ2) is 5.55. The topological polar surface area (TPSA) is 49.4 Å². The van der Waals surface area contributed by atoms with Crippen molar-refractivity contribution >= 4 is 29.3 Å². The number of benzene rings is 1. The second-order valence-electron chi connectivity index (χ2n) is 7.58. The number of nitrogens with one attached hydrogen (secondary N) is 1. The van der Waals surface area contributed by atoms with E-state index in [1.807, 2.05) is 24.3 Å². The van der Waals surface area contributed by atoms with Gasteiger partial charge in [0, 0.05) is 17.9 Å². The lowest BCUT2D eigenvalue weighted by Crippen LogP contribution is -2.48. The highest BCUT2D eigenvalue weighted by atomic mass is 32.2. The van der Waals surface area contributed by atoms with Crippen LogP contribution in [0, 0.1) is 0 Å². The zero-order valence-electron chi connectivity index (χ0n) is 14.2. The fraction of sp³-hybridized carbons (Fsp3) is 0.556. The largest absolute Gasteiger partial charge is 0.324 e. The second-order valence-corrected chi connectivity index (χ2v) is 9.08. The van der Waals surface area contributed by atoms with Crippen molar-refractivity contribution in [1.29, 1.82) is 0 Å². The number of carbonyl (C=O) groups is 2. The number of anilines is 1. The van der Waals surface area contributed by atoms with Gasteiger partial charge < -0.3 is 10.2 Å². The van der Waals surface area contributed by atoms with Gasteiger partial charge in [0.05, 0.1) is 4.87 Å². The van der Waals surface area contributed by atoms with E-state index in [4.69, 9.17) is 0 Å². The zero-order chi connectivity index (χ0) is 16.8. The summed E-state index contributed by atoms with van der Waals surface area (Å²) in [6.07, 6.45) is 1.38. The van der Waals surface area contributed by atoms with Crippen molar-refractivity contribution in [2.75, 3.05) is 11.1 Å². The molecule has 2 aliphatic heterocycles. The summed E-state index contributed by atoms with van der Waals surface area (Å²) >= 11 is 1.72. The number of rotatable bonds is 2. The maximum atomic E-state index is 12.6. The van der Waals surface area contributed by atoms with Crippen LogP contribution in [0.1, 0.15) is 46.1 Å². The lowest BCUT2D eigenvalue weighted by molar-refractivity contribution is -0.135. The summed E-state index contributed by atoms with van der Waals surface area (Å²) in [6.45, 7) is 8.55. The molecule has 1 aromatic carbocycles. The third-order valence-corrected chi connectivity index (χ3v) is 6.27. The summed E-state index contributed by atoms with van der Waals surface area (Å²) in [7, 11) is 0. The maximum Gasteiger partial charge on any atom is 0.248 e. The van der Waals surface area contributed by atoms with Gasteiger partial charge in [0.15, 0.2) is 0 Å². The first-order chi connectivity index (χ1) is 10.7. The van der Waals surface area contributed by atoms with Gasteiger partial charge in [-0.3, -0.25) is 9.59 Å². The van der Waals surface area contributed by atoms with Crippen LogP contribution in [0.15, 0.2) is 24.3 Å². The monoisotopic (exact) mass is 332 g/mol.